The van der Waals surface area contributed by atoms with Gasteiger partial charge in [-0.3, -0.25) is 4.98 Å². The minimum absolute atomic E-state index is 0.120. The Bertz CT molecular complexity index is 538. The second-order valence-corrected chi connectivity index (χ2v) is 3.99. The number of hydrogen-bond donors (Lipinski definition) is 0. The van der Waals surface area contributed by atoms with Crippen molar-refractivity contribution in [2.45, 2.75) is 12.1 Å². The molecule has 5 heteroatoms. The van der Waals surface area contributed by atoms with Crippen molar-refractivity contribution in [3.8, 4) is 11.1 Å². The van der Waals surface area contributed by atoms with Gasteiger partial charge in [0, 0.05) is 12.1 Å². The zero-order chi connectivity index (χ0) is 13.2. The fourth-order valence-electron chi connectivity index (χ4n) is 1.63. The molecule has 1 heterocycles. The molecule has 0 aliphatic heterocycles. The molecule has 0 bridgehead atoms. The van der Waals surface area contributed by atoms with E-state index in [1.807, 2.05) is 0 Å². The van der Waals surface area contributed by atoms with E-state index >= 15 is 0 Å². The van der Waals surface area contributed by atoms with Crippen LogP contribution < -0.4 is 0 Å². The first-order chi connectivity index (χ1) is 8.52. The molecule has 18 heavy (non-hydrogen) atoms. The number of rotatable bonds is 2. The monoisotopic (exact) mass is 271 g/mol. The van der Waals surface area contributed by atoms with Crippen molar-refractivity contribution in [3.05, 3.63) is 53.9 Å². The number of hydrogen-bond acceptors (Lipinski definition) is 1. The molecular weight excluding hydrogens is 263 g/mol. The number of halogens is 4. The Balaban J connectivity index is 2.57. The van der Waals surface area contributed by atoms with Crippen molar-refractivity contribution in [2.75, 3.05) is 0 Å². The lowest BCUT2D eigenvalue weighted by atomic mass is 10.0. The lowest BCUT2D eigenvalue weighted by Gasteiger charge is -2.11. The molecule has 0 fully saturated rings. The SMILES string of the molecule is FC(F)(F)c1cc(-c2ccccc2)c(CCl)cn1. The maximum Gasteiger partial charge on any atom is 0.433 e. The van der Waals surface area contributed by atoms with Crippen LogP contribution in [0.1, 0.15) is 11.3 Å². The van der Waals surface area contributed by atoms with Crippen molar-refractivity contribution >= 4 is 11.6 Å². The maximum atomic E-state index is 12.6. The van der Waals surface area contributed by atoms with E-state index < -0.39 is 11.9 Å². The molecule has 1 nitrogen and oxygen atoms in total. The Morgan fingerprint density at radius 3 is 2.33 bits per heavy atom. The zero-order valence-electron chi connectivity index (χ0n) is 9.21. The topological polar surface area (TPSA) is 12.9 Å². The number of aromatic nitrogens is 1. The lowest BCUT2D eigenvalue weighted by molar-refractivity contribution is -0.141. The van der Waals surface area contributed by atoms with Crippen molar-refractivity contribution in [1.82, 2.24) is 4.98 Å². The van der Waals surface area contributed by atoms with Crippen molar-refractivity contribution in [2.24, 2.45) is 0 Å². The average Bonchev–Trinajstić information content (AvgIpc) is 2.38. The second-order valence-electron chi connectivity index (χ2n) is 3.72. The van der Waals surface area contributed by atoms with Crippen LogP contribution in [0.15, 0.2) is 42.6 Å². The van der Waals surface area contributed by atoms with E-state index in [0.717, 1.165) is 6.07 Å². The summed E-state index contributed by atoms with van der Waals surface area (Å²) >= 11 is 5.73. The molecule has 0 N–H and O–H groups in total. The highest BCUT2D eigenvalue weighted by Crippen LogP contribution is 2.32. The summed E-state index contributed by atoms with van der Waals surface area (Å²) < 4.78 is 37.9. The molecule has 2 aromatic rings. The standard InChI is InChI=1S/C13H9ClF3N/c14-7-10-8-18-12(13(15,16)17)6-11(10)9-4-2-1-3-5-9/h1-6,8H,7H2. The van der Waals surface area contributed by atoms with Crippen LogP contribution in [-0.4, -0.2) is 4.98 Å². The molecule has 0 saturated heterocycles. The molecule has 0 aliphatic carbocycles. The Kier molecular flexibility index (Phi) is 3.57. The number of nitrogens with zero attached hydrogens (tertiary/aromatic N) is 1. The Morgan fingerprint density at radius 1 is 1.11 bits per heavy atom. The summed E-state index contributed by atoms with van der Waals surface area (Å²) in [7, 11) is 0. The first kappa shape index (κ1) is 12.9. The van der Waals surface area contributed by atoms with Gasteiger partial charge in [-0.15, -0.1) is 11.6 Å². The predicted octanol–water partition coefficient (Wildman–Crippen LogP) is 4.51. The summed E-state index contributed by atoms with van der Waals surface area (Å²) in [5, 5.41) is 0. The predicted molar refractivity (Wildman–Crippen MR) is 64.2 cm³/mol. The van der Waals surface area contributed by atoms with Crippen molar-refractivity contribution in [3.63, 3.8) is 0 Å². The molecule has 1 aromatic heterocycles. The van der Waals surface area contributed by atoms with E-state index in [2.05, 4.69) is 4.98 Å². The molecule has 1 aromatic carbocycles. The Hall–Kier alpha value is -1.55. The van der Waals surface area contributed by atoms with Gasteiger partial charge in [-0.2, -0.15) is 13.2 Å². The largest absolute Gasteiger partial charge is 0.433 e. The highest BCUT2D eigenvalue weighted by atomic mass is 35.5. The van der Waals surface area contributed by atoms with Crippen molar-refractivity contribution < 1.29 is 13.2 Å². The molecule has 0 amide bonds. The third-order valence-electron chi connectivity index (χ3n) is 2.51. The molecule has 0 aliphatic rings. The third kappa shape index (κ3) is 2.64. The van der Waals surface area contributed by atoms with Gasteiger partial charge >= 0.3 is 6.18 Å². The highest BCUT2D eigenvalue weighted by molar-refractivity contribution is 6.17. The first-order valence-electron chi connectivity index (χ1n) is 5.20. The molecule has 0 atom stereocenters. The highest BCUT2D eigenvalue weighted by Gasteiger charge is 2.33. The molecule has 2 rings (SSSR count). The quantitative estimate of drug-likeness (QED) is 0.733. The molecular formula is C13H9ClF3N. The van der Waals surface area contributed by atoms with Gasteiger partial charge in [0.05, 0.1) is 0 Å². The van der Waals surface area contributed by atoms with Gasteiger partial charge in [0.2, 0.25) is 0 Å². The smallest absolute Gasteiger partial charge is 0.251 e. The first-order valence-corrected chi connectivity index (χ1v) is 5.73. The van der Waals surface area contributed by atoms with Crippen LogP contribution in [0.3, 0.4) is 0 Å². The van der Waals surface area contributed by atoms with Gasteiger partial charge in [0.25, 0.3) is 0 Å². The summed E-state index contributed by atoms with van der Waals surface area (Å²) in [5.41, 5.74) is 0.833. The average molecular weight is 272 g/mol. The summed E-state index contributed by atoms with van der Waals surface area (Å²) in [4.78, 5) is 3.40. The molecule has 0 spiro atoms. The molecule has 0 radical (unpaired) electrons. The minimum Gasteiger partial charge on any atom is -0.251 e. The number of benzene rings is 1. The van der Waals surface area contributed by atoms with E-state index in [0.29, 0.717) is 16.7 Å². The van der Waals surface area contributed by atoms with E-state index in [1.165, 1.54) is 6.20 Å². The zero-order valence-corrected chi connectivity index (χ0v) is 9.96. The normalized spacial score (nSPS) is 11.6. The summed E-state index contributed by atoms with van der Waals surface area (Å²) in [6, 6.07) is 9.85. The van der Waals surface area contributed by atoms with Crippen LogP contribution in [0, 0.1) is 0 Å². The minimum atomic E-state index is -4.45. The lowest BCUT2D eigenvalue weighted by Crippen LogP contribution is -2.08. The van der Waals surface area contributed by atoms with Crippen molar-refractivity contribution in [1.29, 1.82) is 0 Å². The van der Waals surface area contributed by atoms with Gasteiger partial charge in [-0.1, -0.05) is 30.3 Å². The van der Waals surface area contributed by atoms with Crippen LogP contribution >= 0.6 is 11.6 Å². The van der Waals surface area contributed by atoms with Crippen LogP contribution in [-0.2, 0) is 12.1 Å². The van der Waals surface area contributed by atoms with E-state index in [9.17, 15) is 13.2 Å². The third-order valence-corrected chi connectivity index (χ3v) is 2.79. The van der Waals surface area contributed by atoms with Gasteiger partial charge in [0.1, 0.15) is 5.69 Å². The Labute approximate surface area is 107 Å². The van der Waals surface area contributed by atoms with Gasteiger partial charge in [-0.25, -0.2) is 0 Å². The van der Waals surface area contributed by atoms with E-state index in [1.54, 1.807) is 30.3 Å². The number of pyridine rings is 1. The van der Waals surface area contributed by atoms with E-state index in [-0.39, 0.29) is 5.88 Å². The van der Waals surface area contributed by atoms with Crippen LogP contribution in [0.25, 0.3) is 11.1 Å². The fourth-order valence-corrected chi connectivity index (χ4v) is 1.84. The van der Waals surface area contributed by atoms with Gasteiger partial charge in [0.15, 0.2) is 0 Å². The van der Waals surface area contributed by atoms with Crippen LogP contribution in [0.2, 0.25) is 0 Å². The summed E-state index contributed by atoms with van der Waals surface area (Å²) in [6.45, 7) is 0. The van der Waals surface area contributed by atoms with Crippen LogP contribution in [0.5, 0.6) is 0 Å². The summed E-state index contributed by atoms with van der Waals surface area (Å²) in [5.74, 6) is 0.120. The molecule has 0 unspecified atom stereocenters. The Morgan fingerprint density at radius 2 is 1.78 bits per heavy atom. The summed E-state index contributed by atoms with van der Waals surface area (Å²) in [6.07, 6.45) is -3.27. The van der Waals surface area contributed by atoms with E-state index in [4.69, 9.17) is 11.6 Å². The second kappa shape index (κ2) is 4.98. The molecule has 94 valence electrons. The maximum absolute atomic E-state index is 12.6. The van der Waals surface area contributed by atoms with Crippen LogP contribution in [0.4, 0.5) is 13.2 Å². The number of alkyl halides is 4. The van der Waals surface area contributed by atoms with Gasteiger partial charge in [-0.05, 0) is 22.8 Å². The van der Waals surface area contributed by atoms with Gasteiger partial charge < -0.3 is 0 Å². The fraction of sp³-hybridized carbons (Fsp3) is 0.154. The molecule has 0 saturated carbocycles.